The number of aryl methyl sites for hydroxylation is 2. The molecule has 0 bridgehead atoms. The molecule has 1 fully saturated rings. The first-order valence-electron chi connectivity index (χ1n) is 9.12. The number of hydrogen-bond acceptors (Lipinski definition) is 4. The maximum absolute atomic E-state index is 13.0. The van der Waals surface area contributed by atoms with Crippen LogP contribution in [0, 0.1) is 18.7 Å². The molecule has 0 aliphatic heterocycles. The Bertz CT molecular complexity index is 943. The van der Waals surface area contributed by atoms with Gasteiger partial charge in [-0.3, -0.25) is 9.48 Å². The molecule has 0 spiro atoms. The van der Waals surface area contributed by atoms with Crippen molar-refractivity contribution in [3.05, 3.63) is 58.5 Å². The quantitative estimate of drug-likeness (QED) is 0.665. The van der Waals surface area contributed by atoms with E-state index in [1.165, 1.54) is 42.7 Å². The third-order valence-electron chi connectivity index (χ3n) is 4.69. The van der Waals surface area contributed by atoms with E-state index >= 15 is 0 Å². The van der Waals surface area contributed by atoms with E-state index in [2.05, 4.69) is 15.4 Å². The topological polar surface area (TPSA) is 59.8 Å². The van der Waals surface area contributed by atoms with Gasteiger partial charge in [0.05, 0.1) is 5.69 Å². The lowest BCUT2D eigenvalue weighted by molar-refractivity contribution is 0.0954. The second-order valence-corrected chi connectivity index (χ2v) is 7.94. The maximum Gasteiger partial charge on any atom is 0.263 e. The summed E-state index contributed by atoms with van der Waals surface area (Å²) in [5, 5.41) is 8.22. The predicted molar refractivity (Wildman–Crippen MR) is 103 cm³/mol. The van der Waals surface area contributed by atoms with Gasteiger partial charge in [0.2, 0.25) is 0 Å². The van der Waals surface area contributed by atoms with Crippen LogP contribution in [0.3, 0.4) is 0 Å². The average molecular weight is 384 g/mol. The van der Waals surface area contributed by atoms with Gasteiger partial charge in [-0.1, -0.05) is 25.0 Å². The number of halogens is 1. The van der Waals surface area contributed by atoms with Crippen LogP contribution in [0.4, 0.5) is 4.39 Å². The van der Waals surface area contributed by atoms with E-state index in [-0.39, 0.29) is 11.7 Å². The molecule has 1 saturated carbocycles. The molecule has 140 valence electrons. The minimum Gasteiger partial charge on any atom is -0.347 e. The van der Waals surface area contributed by atoms with Crippen LogP contribution in [-0.2, 0) is 13.1 Å². The van der Waals surface area contributed by atoms with Crippen molar-refractivity contribution in [2.75, 3.05) is 0 Å². The van der Waals surface area contributed by atoms with E-state index in [0.717, 1.165) is 28.7 Å². The first-order valence-corrected chi connectivity index (χ1v) is 9.94. The predicted octanol–water partition coefficient (Wildman–Crippen LogP) is 4.18. The fourth-order valence-electron chi connectivity index (χ4n) is 2.90. The van der Waals surface area contributed by atoms with Crippen molar-refractivity contribution < 1.29 is 9.18 Å². The number of nitrogens with zero attached hydrogens (tertiary/aromatic N) is 3. The van der Waals surface area contributed by atoms with Gasteiger partial charge < -0.3 is 5.32 Å². The number of hydrogen-bond donors (Lipinski definition) is 1. The van der Waals surface area contributed by atoms with Crippen LogP contribution in [0.1, 0.15) is 40.2 Å². The number of carbonyl (C=O) groups is 1. The molecule has 4 rings (SSSR count). The normalized spacial score (nSPS) is 13.7. The number of nitrogens with one attached hydrogen (secondary N) is 1. The van der Waals surface area contributed by atoms with Gasteiger partial charge in [-0.15, -0.1) is 11.3 Å². The van der Waals surface area contributed by atoms with Gasteiger partial charge in [-0.05, 0) is 43.0 Å². The molecule has 0 unspecified atom stereocenters. The van der Waals surface area contributed by atoms with Crippen LogP contribution in [0.5, 0.6) is 0 Å². The van der Waals surface area contributed by atoms with Crippen LogP contribution < -0.4 is 5.32 Å². The summed E-state index contributed by atoms with van der Waals surface area (Å²) in [6.45, 7) is 3.11. The molecule has 1 amide bonds. The van der Waals surface area contributed by atoms with Gasteiger partial charge in [-0.2, -0.15) is 5.10 Å². The van der Waals surface area contributed by atoms with Crippen LogP contribution in [0.2, 0.25) is 0 Å². The van der Waals surface area contributed by atoms with E-state index in [1.54, 1.807) is 12.1 Å². The van der Waals surface area contributed by atoms with Crippen LogP contribution >= 0.6 is 11.3 Å². The van der Waals surface area contributed by atoms with Crippen molar-refractivity contribution in [1.29, 1.82) is 0 Å². The highest BCUT2D eigenvalue weighted by Crippen LogP contribution is 2.33. The Hall–Kier alpha value is -2.54. The molecule has 5 nitrogen and oxygen atoms in total. The molecule has 1 aliphatic rings. The first-order chi connectivity index (χ1) is 13.1. The molecule has 0 radical (unpaired) electrons. The molecule has 7 heteroatoms. The van der Waals surface area contributed by atoms with Crippen molar-refractivity contribution in [2.45, 2.75) is 39.3 Å². The lowest BCUT2D eigenvalue weighted by Gasteiger charge is -2.04. The largest absolute Gasteiger partial charge is 0.347 e. The van der Waals surface area contributed by atoms with E-state index in [1.807, 2.05) is 23.9 Å². The standard InChI is InChI=1S/C20H21FN4OS/c1-13-18(19(26)22-12-15-4-6-16(21)7-5-15)27-20(23-13)17-9-11-25(24-17)10-8-14-2-3-14/h4-7,9,11,14H,2-3,8,10,12H2,1H3,(H,22,26). The molecule has 1 aliphatic carbocycles. The third-order valence-corrected chi connectivity index (χ3v) is 5.87. The summed E-state index contributed by atoms with van der Waals surface area (Å²) in [5.41, 5.74) is 2.34. The maximum atomic E-state index is 13.0. The first kappa shape index (κ1) is 17.9. The van der Waals surface area contributed by atoms with Crippen molar-refractivity contribution >= 4 is 17.2 Å². The van der Waals surface area contributed by atoms with Crippen LogP contribution in [-0.4, -0.2) is 20.7 Å². The summed E-state index contributed by atoms with van der Waals surface area (Å²) in [4.78, 5) is 17.6. The monoisotopic (exact) mass is 384 g/mol. The highest BCUT2D eigenvalue weighted by atomic mass is 32.1. The third kappa shape index (κ3) is 4.42. The minimum absolute atomic E-state index is 0.172. The van der Waals surface area contributed by atoms with E-state index in [9.17, 15) is 9.18 Å². The summed E-state index contributed by atoms with van der Waals surface area (Å²) < 4.78 is 14.9. The lowest BCUT2D eigenvalue weighted by atomic mass is 10.2. The lowest BCUT2D eigenvalue weighted by Crippen LogP contribution is -2.22. The van der Waals surface area contributed by atoms with Gasteiger partial charge in [-0.25, -0.2) is 9.37 Å². The Morgan fingerprint density at radius 1 is 1.30 bits per heavy atom. The fraction of sp³-hybridized carbons (Fsp3) is 0.350. The summed E-state index contributed by atoms with van der Waals surface area (Å²) in [6.07, 6.45) is 5.84. The Balaban J connectivity index is 1.41. The van der Waals surface area contributed by atoms with Crippen LogP contribution in [0.15, 0.2) is 36.5 Å². The Kier molecular flexibility index (Phi) is 5.03. The molecule has 0 atom stereocenters. The number of amides is 1. The highest BCUT2D eigenvalue weighted by molar-refractivity contribution is 7.17. The van der Waals surface area contributed by atoms with Gasteiger partial charge in [0.25, 0.3) is 5.91 Å². The SMILES string of the molecule is Cc1nc(-c2ccn(CCC3CC3)n2)sc1C(=O)NCc1ccc(F)cc1. The second-order valence-electron chi connectivity index (χ2n) is 6.94. The highest BCUT2D eigenvalue weighted by Gasteiger charge is 2.21. The van der Waals surface area contributed by atoms with Gasteiger partial charge in [0.1, 0.15) is 21.4 Å². The molecule has 2 heterocycles. The molecule has 0 saturated heterocycles. The summed E-state index contributed by atoms with van der Waals surface area (Å²) in [7, 11) is 0. The Morgan fingerprint density at radius 2 is 2.07 bits per heavy atom. The zero-order chi connectivity index (χ0) is 18.8. The van der Waals surface area contributed by atoms with Crippen LogP contribution in [0.25, 0.3) is 10.7 Å². The van der Waals surface area contributed by atoms with Gasteiger partial charge in [0.15, 0.2) is 0 Å². The number of rotatable bonds is 7. The number of aromatic nitrogens is 3. The summed E-state index contributed by atoms with van der Waals surface area (Å²) in [6, 6.07) is 8.04. The smallest absolute Gasteiger partial charge is 0.263 e. The number of benzene rings is 1. The zero-order valence-electron chi connectivity index (χ0n) is 15.1. The Morgan fingerprint density at radius 3 is 2.81 bits per heavy atom. The molecular formula is C20H21FN4OS. The second kappa shape index (κ2) is 7.60. The molecule has 1 aromatic carbocycles. The Labute approximate surface area is 161 Å². The molecule has 2 aromatic heterocycles. The van der Waals surface area contributed by atoms with E-state index in [4.69, 9.17) is 0 Å². The molecule has 1 N–H and O–H groups in total. The van der Waals surface area contributed by atoms with Crippen molar-refractivity contribution in [3.63, 3.8) is 0 Å². The number of carbonyl (C=O) groups excluding carboxylic acids is 1. The van der Waals surface area contributed by atoms with Crippen molar-refractivity contribution in [2.24, 2.45) is 5.92 Å². The van der Waals surface area contributed by atoms with E-state index in [0.29, 0.717) is 17.1 Å². The van der Waals surface area contributed by atoms with E-state index < -0.39 is 0 Å². The van der Waals surface area contributed by atoms with Crippen molar-refractivity contribution in [1.82, 2.24) is 20.1 Å². The zero-order valence-corrected chi connectivity index (χ0v) is 15.9. The minimum atomic E-state index is -0.287. The molecular weight excluding hydrogens is 363 g/mol. The fourth-order valence-corrected chi connectivity index (χ4v) is 3.85. The van der Waals surface area contributed by atoms with Gasteiger partial charge in [0, 0.05) is 19.3 Å². The number of thiazole rings is 1. The molecule has 27 heavy (non-hydrogen) atoms. The van der Waals surface area contributed by atoms with Crippen molar-refractivity contribution in [3.8, 4) is 10.7 Å². The summed E-state index contributed by atoms with van der Waals surface area (Å²) in [5.74, 6) is 0.412. The molecule has 3 aromatic rings. The van der Waals surface area contributed by atoms with Gasteiger partial charge >= 0.3 is 0 Å². The summed E-state index contributed by atoms with van der Waals surface area (Å²) >= 11 is 1.35. The average Bonchev–Trinajstić information content (AvgIpc) is 3.23.